The monoisotopic (exact) mass is 446 g/mol. The van der Waals surface area contributed by atoms with Gasteiger partial charge in [-0.05, 0) is 58.7 Å². The molecule has 0 N–H and O–H groups in total. The highest BCUT2D eigenvalue weighted by molar-refractivity contribution is 6.62. The lowest BCUT2D eigenvalue weighted by atomic mass is 9.55. The average Bonchev–Trinajstić information content (AvgIpc) is 3.37. The van der Waals surface area contributed by atoms with Crippen LogP contribution in [0.15, 0.2) is 73.1 Å². The van der Waals surface area contributed by atoms with Crippen molar-refractivity contribution in [2.24, 2.45) is 7.05 Å². The SMILES string of the molecule is Cc1cccc2c1-c1n(C)cc[n+]1B1C(c3c(C(C)C)cccc3C(C)C)c3ccccc3N12. The number of imidazole rings is 1. The standard InChI is InChI=1S/C30H33BN3/c1-19(2)22-13-10-14-23(20(3)4)28(22)29-24-12-7-8-15-25(24)34-26-16-9-11-21(5)27(26)30-32(6)17-18-33(30)31(29)34/h7-20,29H,1-6H3/q+1. The van der Waals surface area contributed by atoms with Crippen LogP contribution < -0.4 is 9.29 Å². The third-order valence-electron chi connectivity index (χ3n) is 7.87. The molecule has 2 aliphatic heterocycles. The highest BCUT2D eigenvalue weighted by Crippen LogP contribution is 2.52. The van der Waals surface area contributed by atoms with Crippen molar-refractivity contribution in [2.75, 3.05) is 4.81 Å². The molecule has 0 aliphatic carbocycles. The Labute approximate surface area is 203 Å². The lowest BCUT2D eigenvalue weighted by Gasteiger charge is -2.32. The van der Waals surface area contributed by atoms with Gasteiger partial charge in [0.2, 0.25) is 0 Å². The van der Waals surface area contributed by atoms with Crippen LogP contribution >= 0.6 is 0 Å². The van der Waals surface area contributed by atoms with E-state index in [1.807, 2.05) is 0 Å². The van der Waals surface area contributed by atoms with Gasteiger partial charge in [-0.1, -0.05) is 76.2 Å². The van der Waals surface area contributed by atoms with Crippen molar-refractivity contribution in [1.29, 1.82) is 0 Å². The van der Waals surface area contributed by atoms with Gasteiger partial charge in [0.1, 0.15) is 12.4 Å². The molecule has 3 nitrogen and oxygen atoms in total. The molecule has 0 radical (unpaired) electrons. The van der Waals surface area contributed by atoms with Crippen molar-refractivity contribution in [3.63, 3.8) is 0 Å². The minimum atomic E-state index is 0.167. The molecule has 0 spiro atoms. The van der Waals surface area contributed by atoms with E-state index in [1.54, 1.807) is 0 Å². The van der Waals surface area contributed by atoms with E-state index in [0.717, 1.165) is 0 Å². The fraction of sp³-hybridized carbons (Fsp3) is 0.300. The van der Waals surface area contributed by atoms with Gasteiger partial charge in [0.15, 0.2) is 0 Å². The first-order valence-electron chi connectivity index (χ1n) is 12.6. The van der Waals surface area contributed by atoms with Gasteiger partial charge in [0, 0.05) is 11.4 Å². The van der Waals surface area contributed by atoms with Crippen molar-refractivity contribution in [3.05, 3.63) is 101 Å². The fourth-order valence-corrected chi connectivity index (χ4v) is 6.41. The Morgan fingerprint density at radius 1 is 0.824 bits per heavy atom. The number of aromatic nitrogens is 2. The van der Waals surface area contributed by atoms with E-state index in [-0.39, 0.29) is 12.8 Å². The molecule has 2 aliphatic rings. The maximum Gasteiger partial charge on any atom is 0.518 e. The van der Waals surface area contributed by atoms with Gasteiger partial charge in [-0.2, -0.15) is 0 Å². The number of rotatable bonds is 3. The first-order chi connectivity index (χ1) is 16.4. The molecule has 170 valence electrons. The number of hydrogen-bond acceptors (Lipinski definition) is 1. The summed E-state index contributed by atoms with van der Waals surface area (Å²) in [5.41, 5.74) is 11.2. The van der Waals surface area contributed by atoms with Gasteiger partial charge in [-0.15, -0.1) is 0 Å². The lowest BCUT2D eigenvalue weighted by molar-refractivity contribution is -0.527. The Hall–Kier alpha value is -3.27. The molecule has 0 saturated carbocycles. The Bertz CT molecular complexity index is 1390. The zero-order chi connectivity index (χ0) is 23.7. The molecule has 4 heteroatoms. The van der Waals surface area contributed by atoms with Crippen LogP contribution in [0.25, 0.3) is 11.4 Å². The summed E-state index contributed by atoms with van der Waals surface area (Å²) in [6.07, 6.45) is 4.50. The normalized spacial score (nSPS) is 16.1. The van der Waals surface area contributed by atoms with Gasteiger partial charge in [-0.25, -0.2) is 4.57 Å². The van der Waals surface area contributed by atoms with Crippen molar-refractivity contribution in [2.45, 2.75) is 52.3 Å². The van der Waals surface area contributed by atoms with Crippen LogP contribution in [0.3, 0.4) is 0 Å². The lowest BCUT2D eigenvalue weighted by Crippen LogP contribution is -2.64. The smallest absolute Gasteiger partial charge is 0.342 e. The van der Waals surface area contributed by atoms with E-state index in [4.69, 9.17) is 0 Å². The number of hydrogen-bond donors (Lipinski definition) is 0. The molecule has 0 saturated heterocycles. The van der Waals surface area contributed by atoms with Crippen LogP contribution in [-0.2, 0) is 7.05 Å². The number of nitrogens with zero attached hydrogens (tertiary/aromatic N) is 3. The quantitative estimate of drug-likeness (QED) is 0.319. The second kappa shape index (κ2) is 7.63. The summed E-state index contributed by atoms with van der Waals surface area (Å²) in [6, 6.07) is 22.8. The molecule has 0 amide bonds. The summed E-state index contributed by atoms with van der Waals surface area (Å²) >= 11 is 0. The van der Waals surface area contributed by atoms with E-state index >= 15 is 0 Å². The van der Waals surface area contributed by atoms with Gasteiger partial charge in [0.05, 0.1) is 18.4 Å². The summed E-state index contributed by atoms with van der Waals surface area (Å²) < 4.78 is 4.82. The van der Waals surface area contributed by atoms with Crippen molar-refractivity contribution in [1.82, 2.24) is 4.57 Å². The largest absolute Gasteiger partial charge is 0.518 e. The van der Waals surface area contributed by atoms with E-state index in [9.17, 15) is 0 Å². The highest BCUT2D eigenvalue weighted by Gasteiger charge is 2.56. The van der Waals surface area contributed by atoms with Crippen LogP contribution in [0.1, 0.15) is 73.2 Å². The van der Waals surface area contributed by atoms with Gasteiger partial charge >= 0.3 is 6.98 Å². The number of benzene rings is 3. The minimum absolute atomic E-state index is 0.167. The van der Waals surface area contributed by atoms with E-state index in [0.29, 0.717) is 11.8 Å². The molecule has 34 heavy (non-hydrogen) atoms. The van der Waals surface area contributed by atoms with Crippen LogP contribution in [0.2, 0.25) is 0 Å². The zero-order valence-corrected chi connectivity index (χ0v) is 21.1. The molecular weight excluding hydrogens is 413 g/mol. The molecule has 1 unspecified atom stereocenters. The summed E-state index contributed by atoms with van der Waals surface area (Å²) in [6.45, 7) is 11.7. The van der Waals surface area contributed by atoms with Gasteiger partial charge in [-0.3, -0.25) is 4.48 Å². The molecule has 1 atom stereocenters. The van der Waals surface area contributed by atoms with E-state index < -0.39 is 0 Å². The van der Waals surface area contributed by atoms with Gasteiger partial charge < -0.3 is 4.81 Å². The third-order valence-corrected chi connectivity index (χ3v) is 7.87. The summed E-state index contributed by atoms with van der Waals surface area (Å²) in [5.74, 6) is 2.48. The Morgan fingerprint density at radius 3 is 2.18 bits per heavy atom. The van der Waals surface area contributed by atoms with Crippen LogP contribution in [0.4, 0.5) is 11.4 Å². The number of fused-ring (bicyclic) bond motifs is 8. The maximum absolute atomic E-state index is 2.61. The number of aryl methyl sites for hydroxylation is 2. The second-order valence-corrected chi connectivity index (χ2v) is 10.6. The van der Waals surface area contributed by atoms with Crippen LogP contribution in [0.5, 0.6) is 0 Å². The molecule has 1 aromatic heterocycles. The Kier molecular flexibility index (Phi) is 4.77. The second-order valence-electron chi connectivity index (χ2n) is 10.6. The molecule has 4 aromatic rings. The molecule has 0 bridgehead atoms. The maximum atomic E-state index is 2.61. The van der Waals surface area contributed by atoms with Crippen LogP contribution in [-0.4, -0.2) is 11.5 Å². The average molecular weight is 446 g/mol. The Morgan fingerprint density at radius 2 is 1.47 bits per heavy atom. The van der Waals surface area contributed by atoms with Gasteiger partial charge in [0.25, 0.3) is 5.82 Å². The Balaban J connectivity index is 1.72. The van der Waals surface area contributed by atoms with Crippen molar-refractivity contribution in [3.8, 4) is 11.4 Å². The molecule has 0 fully saturated rings. The topological polar surface area (TPSA) is 12.0 Å². The predicted molar refractivity (Wildman–Crippen MR) is 142 cm³/mol. The third kappa shape index (κ3) is 2.81. The first kappa shape index (κ1) is 21.3. The fourth-order valence-electron chi connectivity index (χ4n) is 6.41. The summed E-state index contributed by atoms with van der Waals surface area (Å²) in [4.78, 5) is 2.61. The predicted octanol–water partition coefficient (Wildman–Crippen LogP) is 6.71. The number of anilines is 2. The molecular formula is C30H33BN3+. The molecule has 6 rings (SSSR count). The molecule has 3 heterocycles. The minimum Gasteiger partial charge on any atom is -0.342 e. The van der Waals surface area contributed by atoms with Crippen molar-refractivity contribution >= 4 is 18.4 Å². The summed E-state index contributed by atoms with van der Waals surface area (Å²) in [7, 11) is 2.18. The first-order valence-corrected chi connectivity index (χ1v) is 12.6. The zero-order valence-electron chi connectivity index (χ0n) is 21.1. The number of para-hydroxylation sites is 1. The summed E-state index contributed by atoms with van der Waals surface area (Å²) in [5, 5.41) is 0. The molecule has 3 aromatic carbocycles. The van der Waals surface area contributed by atoms with E-state index in [1.165, 1.54) is 50.6 Å². The van der Waals surface area contributed by atoms with E-state index in [2.05, 4.69) is 129 Å². The van der Waals surface area contributed by atoms with Crippen molar-refractivity contribution < 1.29 is 4.48 Å². The van der Waals surface area contributed by atoms with Crippen LogP contribution in [0, 0.1) is 6.92 Å². The highest BCUT2D eigenvalue weighted by atomic mass is 15.3.